The first-order chi connectivity index (χ1) is 18.1. The van der Waals surface area contributed by atoms with Gasteiger partial charge in [0.2, 0.25) is 0 Å². The molecule has 184 valence electrons. The number of benzene rings is 2. The van der Waals surface area contributed by atoms with Gasteiger partial charge in [0.25, 0.3) is 5.91 Å². The third kappa shape index (κ3) is 5.12. The first-order valence-corrected chi connectivity index (χ1v) is 11.7. The van der Waals surface area contributed by atoms with Crippen molar-refractivity contribution in [1.29, 1.82) is 0 Å². The molecule has 4 aromatic heterocycles. The molecule has 9 nitrogen and oxygen atoms in total. The molecule has 4 heterocycles. The third-order valence-electron chi connectivity index (χ3n) is 5.84. The second kappa shape index (κ2) is 10.6. The lowest BCUT2D eigenvalue weighted by Crippen LogP contribution is -2.13. The van der Waals surface area contributed by atoms with Crippen molar-refractivity contribution in [3.63, 3.8) is 0 Å². The van der Waals surface area contributed by atoms with Gasteiger partial charge in [0.05, 0.1) is 17.1 Å². The van der Waals surface area contributed by atoms with E-state index in [1.165, 1.54) is 0 Å². The van der Waals surface area contributed by atoms with E-state index in [4.69, 9.17) is 11.5 Å². The van der Waals surface area contributed by atoms with Gasteiger partial charge in [-0.1, -0.05) is 36.4 Å². The summed E-state index contributed by atoms with van der Waals surface area (Å²) in [6, 6.07) is 23.3. The number of carbonyl (C=O) groups excluding carboxylic acids is 1. The lowest BCUT2D eigenvalue weighted by Gasteiger charge is -2.06. The van der Waals surface area contributed by atoms with Crippen LogP contribution >= 0.6 is 0 Å². The fourth-order valence-electron chi connectivity index (χ4n) is 4.11. The van der Waals surface area contributed by atoms with Crippen LogP contribution in [0.3, 0.4) is 0 Å². The molecular formula is C28H26N8O. The molecule has 0 unspecified atom stereocenters. The number of fused-ring (bicyclic) bond motifs is 2. The van der Waals surface area contributed by atoms with Crippen molar-refractivity contribution in [3.8, 4) is 0 Å². The number of rotatable bonds is 6. The van der Waals surface area contributed by atoms with Crippen molar-refractivity contribution in [2.45, 2.75) is 6.54 Å². The number of pyridine rings is 2. The van der Waals surface area contributed by atoms with Crippen molar-refractivity contribution in [2.24, 2.45) is 11.5 Å². The molecule has 6 aromatic rings. The van der Waals surface area contributed by atoms with Crippen LogP contribution in [0.5, 0.6) is 0 Å². The maximum Gasteiger partial charge on any atom is 0.267 e. The Morgan fingerprint density at radius 3 is 1.73 bits per heavy atom. The van der Waals surface area contributed by atoms with E-state index in [1.807, 2.05) is 66.7 Å². The number of H-pyrrole nitrogens is 2. The molecule has 0 aliphatic rings. The van der Waals surface area contributed by atoms with Crippen LogP contribution in [0.2, 0.25) is 0 Å². The first-order valence-electron chi connectivity index (χ1n) is 11.7. The van der Waals surface area contributed by atoms with E-state index in [0.29, 0.717) is 17.9 Å². The summed E-state index contributed by atoms with van der Waals surface area (Å²) in [6.45, 7) is 0.474. The Morgan fingerprint density at radius 2 is 1.19 bits per heavy atom. The lowest BCUT2D eigenvalue weighted by molar-refractivity contribution is 0.0997. The standard InChI is InChI=1S/C14H12N4O.C14H14N4/c15-14(19)13-12(17-9-5-7-16-8-6-9)10-3-1-2-4-11(10)18-13;15-9-13-14(17-10-5-7-16-8-6-10)11-3-1-2-4-12(11)18-13/h1-8,18H,(H2,15,19)(H,16,17);1-8,18H,9,15H2,(H,16,17). The zero-order valence-electron chi connectivity index (χ0n) is 19.9. The monoisotopic (exact) mass is 490 g/mol. The van der Waals surface area contributed by atoms with Crippen LogP contribution in [0, 0.1) is 0 Å². The van der Waals surface area contributed by atoms with Crippen LogP contribution < -0.4 is 22.1 Å². The van der Waals surface area contributed by atoms with Crippen molar-refractivity contribution in [3.05, 3.63) is 109 Å². The van der Waals surface area contributed by atoms with Gasteiger partial charge in [-0.3, -0.25) is 14.8 Å². The molecule has 1 amide bonds. The maximum absolute atomic E-state index is 11.5. The zero-order chi connectivity index (χ0) is 25.6. The molecule has 0 bridgehead atoms. The highest BCUT2D eigenvalue weighted by Gasteiger charge is 2.15. The molecule has 0 saturated carbocycles. The fourth-order valence-corrected chi connectivity index (χ4v) is 4.11. The molecule has 2 aromatic carbocycles. The minimum atomic E-state index is -0.493. The van der Waals surface area contributed by atoms with Crippen molar-refractivity contribution in [1.82, 2.24) is 19.9 Å². The highest BCUT2D eigenvalue weighted by Crippen LogP contribution is 2.31. The molecule has 0 aliphatic heterocycles. The Labute approximate surface area is 213 Å². The molecular weight excluding hydrogens is 464 g/mol. The summed E-state index contributed by atoms with van der Waals surface area (Å²) in [5, 5.41) is 8.67. The van der Waals surface area contributed by atoms with Gasteiger partial charge < -0.3 is 32.1 Å². The summed E-state index contributed by atoms with van der Waals surface area (Å²) in [5.74, 6) is -0.493. The van der Waals surface area contributed by atoms with Crippen LogP contribution in [0.25, 0.3) is 21.8 Å². The molecule has 8 N–H and O–H groups in total. The van der Waals surface area contributed by atoms with E-state index in [1.54, 1.807) is 24.8 Å². The molecule has 0 aliphatic carbocycles. The third-order valence-corrected chi connectivity index (χ3v) is 5.84. The predicted molar refractivity (Wildman–Crippen MR) is 148 cm³/mol. The van der Waals surface area contributed by atoms with E-state index in [0.717, 1.165) is 44.6 Å². The van der Waals surface area contributed by atoms with Crippen LogP contribution in [0.1, 0.15) is 16.2 Å². The highest BCUT2D eigenvalue weighted by molar-refractivity contribution is 6.08. The number of para-hydroxylation sites is 2. The Morgan fingerprint density at radius 1 is 0.703 bits per heavy atom. The minimum Gasteiger partial charge on any atom is -0.364 e. The Hall–Kier alpha value is -5.15. The van der Waals surface area contributed by atoms with Gasteiger partial charge in [-0.05, 0) is 36.4 Å². The van der Waals surface area contributed by atoms with Crippen LogP contribution in [0.4, 0.5) is 22.7 Å². The molecule has 0 fully saturated rings. The van der Waals surface area contributed by atoms with Gasteiger partial charge in [0.1, 0.15) is 5.69 Å². The average molecular weight is 491 g/mol. The van der Waals surface area contributed by atoms with Gasteiger partial charge in [-0.25, -0.2) is 0 Å². The fraction of sp³-hybridized carbons (Fsp3) is 0.0357. The van der Waals surface area contributed by atoms with E-state index in [9.17, 15) is 4.79 Å². The van der Waals surface area contributed by atoms with Gasteiger partial charge in [-0.2, -0.15) is 0 Å². The number of carbonyl (C=O) groups is 1. The molecule has 6 rings (SSSR count). The van der Waals surface area contributed by atoms with Gasteiger partial charge in [0, 0.05) is 64.5 Å². The summed E-state index contributed by atoms with van der Waals surface area (Å²) in [7, 11) is 0. The number of nitrogens with one attached hydrogen (secondary N) is 4. The Bertz CT molecular complexity index is 1640. The Balaban J connectivity index is 0.000000152. The summed E-state index contributed by atoms with van der Waals surface area (Å²) < 4.78 is 0. The SMILES string of the molecule is NC(=O)c1[nH]c2ccccc2c1Nc1ccncc1.NCc1[nH]c2ccccc2c1Nc1ccncc1. The smallest absolute Gasteiger partial charge is 0.267 e. The van der Waals surface area contributed by atoms with Gasteiger partial charge >= 0.3 is 0 Å². The molecule has 0 saturated heterocycles. The van der Waals surface area contributed by atoms with E-state index < -0.39 is 5.91 Å². The second-order valence-electron chi connectivity index (χ2n) is 8.23. The molecule has 0 spiro atoms. The first kappa shape index (κ1) is 23.6. The topological polar surface area (TPSA) is 151 Å². The van der Waals surface area contributed by atoms with Crippen molar-refractivity contribution in [2.75, 3.05) is 10.6 Å². The van der Waals surface area contributed by atoms with Crippen molar-refractivity contribution >= 4 is 50.5 Å². The normalized spacial score (nSPS) is 10.6. The van der Waals surface area contributed by atoms with Crippen LogP contribution in [-0.4, -0.2) is 25.8 Å². The number of primary amides is 1. The lowest BCUT2D eigenvalue weighted by atomic mass is 10.2. The number of anilines is 4. The van der Waals surface area contributed by atoms with Crippen LogP contribution in [0.15, 0.2) is 97.6 Å². The van der Waals surface area contributed by atoms with Crippen LogP contribution in [-0.2, 0) is 6.54 Å². The number of nitrogens with zero attached hydrogens (tertiary/aromatic N) is 2. The number of hydrogen-bond acceptors (Lipinski definition) is 6. The number of aromatic amines is 2. The van der Waals surface area contributed by atoms with Gasteiger partial charge in [-0.15, -0.1) is 0 Å². The van der Waals surface area contributed by atoms with E-state index in [2.05, 4.69) is 36.6 Å². The molecule has 9 heteroatoms. The van der Waals surface area contributed by atoms with E-state index in [-0.39, 0.29) is 0 Å². The van der Waals surface area contributed by atoms with Crippen molar-refractivity contribution < 1.29 is 4.79 Å². The number of amides is 1. The Kier molecular flexibility index (Phi) is 6.78. The minimum absolute atomic E-state index is 0.373. The summed E-state index contributed by atoms with van der Waals surface area (Å²) >= 11 is 0. The summed E-state index contributed by atoms with van der Waals surface area (Å²) in [6.07, 6.45) is 6.89. The maximum atomic E-state index is 11.5. The van der Waals surface area contributed by atoms with Gasteiger partial charge in [0.15, 0.2) is 0 Å². The number of hydrogen-bond donors (Lipinski definition) is 6. The molecule has 0 radical (unpaired) electrons. The average Bonchev–Trinajstić information content (AvgIpc) is 3.49. The second-order valence-corrected chi connectivity index (χ2v) is 8.23. The molecule has 37 heavy (non-hydrogen) atoms. The molecule has 0 atom stereocenters. The predicted octanol–water partition coefficient (Wildman–Crippen LogP) is 5.17. The summed E-state index contributed by atoms with van der Waals surface area (Å²) in [5.41, 5.74) is 18.1. The number of nitrogens with two attached hydrogens (primary N) is 2. The number of aromatic nitrogens is 4. The zero-order valence-corrected chi connectivity index (χ0v) is 19.9. The highest BCUT2D eigenvalue weighted by atomic mass is 16.1. The quantitative estimate of drug-likeness (QED) is 0.190. The van der Waals surface area contributed by atoms with E-state index >= 15 is 0 Å². The summed E-state index contributed by atoms with van der Waals surface area (Å²) in [4.78, 5) is 25.8. The largest absolute Gasteiger partial charge is 0.364 e.